The molecule has 5 aromatic rings. The first-order valence-electron chi connectivity index (χ1n) is 10.8. The summed E-state index contributed by atoms with van der Waals surface area (Å²) < 4.78 is 19.2. The summed E-state index contributed by atoms with van der Waals surface area (Å²) in [6.45, 7) is 4.00. The van der Waals surface area contributed by atoms with Crippen molar-refractivity contribution in [2.24, 2.45) is 0 Å². The molecule has 0 spiro atoms. The maximum Gasteiger partial charge on any atom is 0.276 e. The molecule has 8 heteroatoms. The predicted molar refractivity (Wildman–Crippen MR) is 129 cm³/mol. The Hall–Kier alpha value is -4.59. The number of aromatic amines is 1. The van der Waals surface area contributed by atoms with Gasteiger partial charge in [0.2, 0.25) is 5.88 Å². The lowest BCUT2D eigenvalue weighted by molar-refractivity contribution is 0.102. The molecule has 3 aromatic heterocycles. The largest absolute Gasteiger partial charge is 0.436 e. The second kappa shape index (κ2) is 10.4. The van der Waals surface area contributed by atoms with Crippen LogP contribution in [-0.2, 0) is 0 Å². The van der Waals surface area contributed by atoms with Crippen molar-refractivity contribution in [3.8, 4) is 22.8 Å². The van der Waals surface area contributed by atoms with Crippen LogP contribution in [0.1, 0.15) is 24.3 Å². The highest BCUT2D eigenvalue weighted by Gasteiger charge is 2.16. The molecule has 0 aliphatic carbocycles. The fraction of sp³-hybridized carbons (Fsp3) is 0.0769. The van der Waals surface area contributed by atoms with Gasteiger partial charge in [-0.05, 0) is 42.0 Å². The topological polar surface area (TPSA) is 92.8 Å². The van der Waals surface area contributed by atoms with Crippen molar-refractivity contribution in [3.05, 3.63) is 96.8 Å². The molecule has 170 valence electrons. The van der Waals surface area contributed by atoms with Crippen LogP contribution in [0, 0.1) is 5.82 Å². The van der Waals surface area contributed by atoms with Gasteiger partial charge in [-0.2, -0.15) is 5.10 Å². The van der Waals surface area contributed by atoms with Crippen molar-refractivity contribution in [2.75, 3.05) is 5.32 Å². The zero-order chi connectivity index (χ0) is 23.9. The highest BCUT2D eigenvalue weighted by atomic mass is 19.1. The standard InChI is InChI=1S/C24H16FN5O2.C2H6/c25-19-5-1-2-6-21(19)32-22-10-8-17(14-27-22)28-24(31)23-18-12-15(7-9-20(18)29-30-23)16-4-3-11-26-13-16;1-2/h1-14H,(H,28,31)(H,29,30);1-2H3. The third-order valence-corrected chi connectivity index (χ3v) is 4.82. The van der Waals surface area contributed by atoms with E-state index in [0.29, 0.717) is 11.1 Å². The summed E-state index contributed by atoms with van der Waals surface area (Å²) >= 11 is 0. The molecule has 0 atom stereocenters. The van der Waals surface area contributed by atoms with Crippen molar-refractivity contribution in [3.63, 3.8) is 0 Å². The Kier molecular flexibility index (Phi) is 6.88. The fourth-order valence-corrected chi connectivity index (χ4v) is 3.25. The van der Waals surface area contributed by atoms with E-state index in [1.54, 1.807) is 36.7 Å². The smallest absolute Gasteiger partial charge is 0.276 e. The Morgan fingerprint density at radius 2 is 1.82 bits per heavy atom. The van der Waals surface area contributed by atoms with Gasteiger partial charge in [-0.3, -0.25) is 14.9 Å². The number of rotatable bonds is 5. The Labute approximate surface area is 195 Å². The van der Waals surface area contributed by atoms with Crippen molar-refractivity contribution in [2.45, 2.75) is 13.8 Å². The van der Waals surface area contributed by atoms with Crippen LogP contribution in [0.2, 0.25) is 0 Å². The number of amides is 1. The van der Waals surface area contributed by atoms with Crippen LogP contribution in [0.25, 0.3) is 22.0 Å². The number of aromatic nitrogens is 4. The van der Waals surface area contributed by atoms with Gasteiger partial charge in [0, 0.05) is 29.4 Å². The van der Waals surface area contributed by atoms with Gasteiger partial charge in [0.25, 0.3) is 5.91 Å². The highest BCUT2D eigenvalue weighted by molar-refractivity contribution is 6.11. The van der Waals surface area contributed by atoms with Crippen LogP contribution in [0.3, 0.4) is 0 Å². The summed E-state index contributed by atoms with van der Waals surface area (Å²) in [5.74, 6) is -0.587. The average molecular weight is 455 g/mol. The second-order valence-electron chi connectivity index (χ2n) is 6.95. The lowest BCUT2D eigenvalue weighted by Crippen LogP contribution is -2.13. The molecular formula is C26H22FN5O2. The lowest BCUT2D eigenvalue weighted by Gasteiger charge is -2.07. The quantitative estimate of drug-likeness (QED) is 0.328. The van der Waals surface area contributed by atoms with Gasteiger partial charge in [0.15, 0.2) is 17.3 Å². The number of ether oxygens (including phenoxy) is 1. The number of pyridine rings is 2. The number of carbonyl (C=O) groups excluding carboxylic acids is 1. The molecule has 0 saturated carbocycles. The minimum Gasteiger partial charge on any atom is -0.436 e. The number of benzene rings is 2. The van der Waals surface area contributed by atoms with Crippen molar-refractivity contribution < 1.29 is 13.9 Å². The van der Waals surface area contributed by atoms with Gasteiger partial charge in [-0.1, -0.05) is 38.1 Å². The number of nitrogens with one attached hydrogen (secondary N) is 2. The van der Waals surface area contributed by atoms with Gasteiger partial charge >= 0.3 is 0 Å². The van der Waals surface area contributed by atoms with E-state index < -0.39 is 5.82 Å². The third kappa shape index (κ3) is 4.91. The van der Waals surface area contributed by atoms with Crippen LogP contribution in [0.4, 0.5) is 10.1 Å². The Bertz CT molecular complexity index is 1400. The molecule has 0 fully saturated rings. The SMILES string of the molecule is CC.O=C(Nc1ccc(Oc2ccccc2F)nc1)c1n[nH]c2ccc(-c3cccnc3)cc12. The van der Waals surface area contributed by atoms with E-state index in [9.17, 15) is 9.18 Å². The first kappa shape index (κ1) is 22.6. The Morgan fingerprint density at radius 1 is 0.971 bits per heavy atom. The molecule has 0 unspecified atom stereocenters. The molecule has 0 aliphatic rings. The first-order chi connectivity index (χ1) is 16.7. The summed E-state index contributed by atoms with van der Waals surface area (Å²) in [5, 5.41) is 10.5. The van der Waals surface area contributed by atoms with Crippen LogP contribution < -0.4 is 10.1 Å². The van der Waals surface area contributed by atoms with Crippen LogP contribution >= 0.6 is 0 Å². The summed E-state index contributed by atoms with van der Waals surface area (Å²) in [5.41, 5.74) is 3.33. The third-order valence-electron chi connectivity index (χ3n) is 4.82. The van der Waals surface area contributed by atoms with E-state index in [2.05, 4.69) is 25.5 Å². The molecule has 2 N–H and O–H groups in total. The maximum atomic E-state index is 13.7. The van der Waals surface area contributed by atoms with Crippen molar-refractivity contribution in [1.29, 1.82) is 0 Å². The number of hydrogen-bond acceptors (Lipinski definition) is 5. The molecule has 0 aliphatic heterocycles. The maximum absolute atomic E-state index is 13.7. The zero-order valence-corrected chi connectivity index (χ0v) is 18.6. The number of fused-ring (bicyclic) bond motifs is 1. The highest BCUT2D eigenvalue weighted by Crippen LogP contribution is 2.26. The predicted octanol–water partition coefficient (Wildman–Crippen LogP) is 6.23. The zero-order valence-electron chi connectivity index (χ0n) is 18.6. The number of halogens is 1. The van der Waals surface area contributed by atoms with Crippen LogP contribution in [-0.4, -0.2) is 26.1 Å². The molecule has 5 rings (SSSR count). The number of anilines is 1. The Morgan fingerprint density at radius 3 is 2.56 bits per heavy atom. The van der Waals surface area contributed by atoms with Crippen molar-refractivity contribution >= 4 is 22.5 Å². The molecule has 3 heterocycles. The molecule has 2 aromatic carbocycles. The van der Waals surface area contributed by atoms with E-state index >= 15 is 0 Å². The molecule has 0 bridgehead atoms. The number of para-hydroxylation sites is 1. The van der Waals surface area contributed by atoms with Gasteiger partial charge in [-0.15, -0.1) is 0 Å². The van der Waals surface area contributed by atoms with Gasteiger partial charge in [0.05, 0.1) is 17.4 Å². The molecule has 1 amide bonds. The van der Waals surface area contributed by atoms with Crippen molar-refractivity contribution in [1.82, 2.24) is 20.2 Å². The second-order valence-corrected chi connectivity index (χ2v) is 6.95. The summed E-state index contributed by atoms with van der Waals surface area (Å²) in [7, 11) is 0. The molecule has 0 saturated heterocycles. The summed E-state index contributed by atoms with van der Waals surface area (Å²) in [6.07, 6.45) is 4.90. The van der Waals surface area contributed by atoms with Crippen LogP contribution in [0.15, 0.2) is 85.3 Å². The van der Waals surface area contributed by atoms with E-state index in [4.69, 9.17) is 4.74 Å². The van der Waals surface area contributed by atoms with Crippen LogP contribution in [0.5, 0.6) is 11.6 Å². The van der Waals surface area contributed by atoms with Gasteiger partial charge in [-0.25, -0.2) is 9.37 Å². The fourth-order valence-electron chi connectivity index (χ4n) is 3.25. The Balaban J connectivity index is 0.00000133. The molecular weight excluding hydrogens is 433 g/mol. The van der Waals surface area contributed by atoms with E-state index in [1.807, 2.05) is 44.2 Å². The number of hydrogen-bond donors (Lipinski definition) is 2. The monoisotopic (exact) mass is 455 g/mol. The van der Waals surface area contributed by atoms with Gasteiger partial charge in [0.1, 0.15) is 0 Å². The average Bonchev–Trinajstić information content (AvgIpc) is 3.32. The van der Waals surface area contributed by atoms with E-state index in [-0.39, 0.29) is 23.2 Å². The minimum atomic E-state index is -0.484. The van der Waals surface area contributed by atoms with Gasteiger partial charge < -0.3 is 10.1 Å². The lowest BCUT2D eigenvalue weighted by atomic mass is 10.0. The molecule has 0 radical (unpaired) electrons. The number of carbonyl (C=O) groups is 1. The number of H-pyrrole nitrogens is 1. The minimum absolute atomic E-state index is 0.0733. The number of nitrogens with zero attached hydrogens (tertiary/aromatic N) is 3. The summed E-state index contributed by atoms with van der Waals surface area (Å²) in [4.78, 5) is 21.1. The summed E-state index contributed by atoms with van der Waals surface area (Å²) in [6, 6.07) is 18.7. The molecule has 7 nitrogen and oxygen atoms in total. The molecule has 34 heavy (non-hydrogen) atoms. The normalized spacial score (nSPS) is 10.3. The first-order valence-corrected chi connectivity index (χ1v) is 10.8. The van der Waals surface area contributed by atoms with E-state index in [0.717, 1.165) is 16.6 Å². The van der Waals surface area contributed by atoms with E-state index in [1.165, 1.54) is 18.3 Å².